The van der Waals surface area contributed by atoms with Gasteiger partial charge in [0.05, 0.1) is 13.2 Å². The van der Waals surface area contributed by atoms with Crippen LogP contribution >= 0.6 is 11.3 Å². The van der Waals surface area contributed by atoms with E-state index in [1.165, 1.54) is 0 Å². The molecule has 0 fully saturated rings. The lowest BCUT2D eigenvalue weighted by molar-refractivity contribution is 0.0934. The number of carbonyl (C=O) groups excluding carboxylic acids is 1. The van der Waals surface area contributed by atoms with E-state index in [2.05, 4.69) is 12.2 Å². The molecule has 122 valence electrons. The first kappa shape index (κ1) is 15.7. The molecule has 3 rings (SSSR count). The fourth-order valence-corrected chi connectivity index (χ4v) is 3.37. The van der Waals surface area contributed by atoms with Gasteiger partial charge >= 0.3 is 0 Å². The smallest absolute Gasteiger partial charge is 0.252 e. The summed E-state index contributed by atoms with van der Waals surface area (Å²) in [4.78, 5) is 13.7. The molecule has 0 spiro atoms. The molecule has 2 aromatic rings. The molecule has 0 bridgehead atoms. The molecular weight excluding hydrogens is 314 g/mol. The lowest BCUT2D eigenvalue weighted by Crippen LogP contribution is -2.28. The molecule has 1 N–H and O–H groups in total. The topological polar surface area (TPSA) is 56.8 Å². The van der Waals surface area contributed by atoms with Gasteiger partial charge in [-0.3, -0.25) is 4.79 Å². The maximum absolute atomic E-state index is 12.6. The molecule has 1 amide bonds. The number of thiophene rings is 1. The Hall–Kier alpha value is -2.21. The van der Waals surface area contributed by atoms with Crippen LogP contribution < -0.4 is 19.5 Å². The van der Waals surface area contributed by atoms with E-state index < -0.39 is 0 Å². The van der Waals surface area contributed by atoms with Gasteiger partial charge in [-0.05, 0) is 30.0 Å². The summed E-state index contributed by atoms with van der Waals surface area (Å²) in [6.07, 6.45) is 0.827. The molecule has 1 aliphatic heterocycles. The second-order valence-electron chi connectivity index (χ2n) is 5.15. The number of carbonyl (C=O) groups is 1. The Morgan fingerprint density at radius 3 is 2.91 bits per heavy atom. The van der Waals surface area contributed by atoms with Crippen molar-refractivity contribution in [2.45, 2.75) is 19.4 Å². The highest BCUT2D eigenvalue weighted by Crippen LogP contribution is 2.40. The van der Waals surface area contributed by atoms with E-state index in [1.807, 2.05) is 17.5 Å². The quantitative estimate of drug-likeness (QED) is 0.911. The molecule has 23 heavy (non-hydrogen) atoms. The third kappa shape index (κ3) is 3.27. The van der Waals surface area contributed by atoms with Gasteiger partial charge in [0.2, 0.25) is 5.75 Å². The predicted octanol–water partition coefficient (Wildman–Crippen LogP) is 3.41. The largest absolute Gasteiger partial charge is 0.493 e. The second-order valence-corrected chi connectivity index (χ2v) is 6.13. The molecule has 1 aromatic carbocycles. The van der Waals surface area contributed by atoms with Gasteiger partial charge in [0.15, 0.2) is 11.5 Å². The summed E-state index contributed by atoms with van der Waals surface area (Å²) in [5.74, 6) is 1.46. The van der Waals surface area contributed by atoms with Gasteiger partial charge in [-0.1, -0.05) is 13.0 Å². The zero-order valence-electron chi connectivity index (χ0n) is 13.1. The molecular formula is C17H19NO4S. The van der Waals surface area contributed by atoms with E-state index >= 15 is 0 Å². The molecule has 1 unspecified atom stereocenters. The molecule has 0 saturated carbocycles. The van der Waals surface area contributed by atoms with E-state index in [1.54, 1.807) is 30.6 Å². The third-order valence-electron chi connectivity index (χ3n) is 3.69. The van der Waals surface area contributed by atoms with Crippen molar-refractivity contribution in [1.82, 2.24) is 5.32 Å². The summed E-state index contributed by atoms with van der Waals surface area (Å²) < 4.78 is 16.5. The van der Waals surface area contributed by atoms with Crippen LogP contribution in [-0.4, -0.2) is 26.2 Å². The summed E-state index contributed by atoms with van der Waals surface area (Å²) in [5, 5.41) is 5.07. The number of benzene rings is 1. The van der Waals surface area contributed by atoms with E-state index in [0.717, 1.165) is 11.3 Å². The van der Waals surface area contributed by atoms with Crippen molar-refractivity contribution in [2.24, 2.45) is 0 Å². The van der Waals surface area contributed by atoms with Crippen LogP contribution in [0.2, 0.25) is 0 Å². The van der Waals surface area contributed by atoms with Crippen LogP contribution in [0.3, 0.4) is 0 Å². The Balaban J connectivity index is 1.84. The van der Waals surface area contributed by atoms with Crippen molar-refractivity contribution in [2.75, 3.05) is 20.3 Å². The number of ether oxygens (including phenoxy) is 3. The third-order valence-corrected chi connectivity index (χ3v) is 4.68. The van der Waals surface area contributed by atoms with Crippen molar-refractivity contribution < 1.29 is 19.0 Å². The Morgan fingerprint density at radius 2 is 2.22 bits per heavy atom. The minimum absolute atomic E-state index is 0.00157. The van der Waals surface area contributed by atoms with Crippen molar-refractivity contribution in [3.8, 4) is 17.2 Å². The number of rotatable bonds is 5. The van der Waals surface area contributed by atoms with Crippen molar-refractivity contribution >= 4 is 17.2 Å². The maximum Gasteiger partial charge on any atom is 0.252 e. The number of hydrogen-bond donors (Lipinski definition) is 1. The zero-order chi connectivity index (χ0) is 16.2. The maximum atomic E-state index is 12.6. The molecule has 0 aliphatic carbocycles. The van der Waals surface area contributed by atoms with E-state index in [-0.39, 0.29) is 11.9 Å². The highest BCUT2D eigenvalue weighted by atomic mass is 32.1. The Bertz CT molecular complexity index is 667. The summed E-state index contributed by atoms with van der Waals surface area (Å²) in [7, 11) is 1.55. The zero-order valence-corrected chi connectivity index (χ0v) is 13.9. The summed E-state index contributed by atoms with van der Waals surface area (Å²) in [6, 6.07) is 7.41. The van der Waals surface area contributed by atoms with Crippen LogP contribution in [0.25, 0.3) is 0 Å². The fourth-order valence-electron chi connectivity index (χ4n) is 2.51. The van der Waals surface area contributed by atoms with Crippen LogP contribution in [0, 0.1) is 0 Å². The average molecular weight is 333 g/mol. The molecule has 0 saturated heterocycles. The van der Waals surface area contributed by atoms with Crippen LogP contribution in [0.5, 0.6) is 17.2 Å². The first-order valence-corrected chi connectivity index (χ1v) is 8.42. The minimum atomic E-state index is -0.152. The van der Waals surface area contributed by atoms with Crippen LogP contribution in [-0.2, 0) is 0 Å². The highest BCUT2D eigenvalue weighted by molar-refractivity contribution is 7.10. The fraction of sp³-hybridized carbons (Fsp3) is 0.353. The lowest BCUT2D eigenvalue weighted by Gasteiger charge is -2.22. The van der Waals surface area contributed by atoms with Crippen molar-refractivity contribution in [3.05, 3.63) is 40.1 Å². The van der Waals surface area contributed by atoms with Gasteiger partial charge in [-0.15, -0.1) is 11.3 Å². The first-order chi connectivity index (χ1) is 11.2. The Kier molecular flexibility index (Phi) is 4.71. The molecule has 6 heteroatoms. The lowest BCUT2D eigenvalue weighted by atomic mass is 10.1. The number of amides is 1. The standard InChI is InChI=1S/C17H19NO4S/c1-3-12(15-5-4-8-23-15)18-17(19)11-9-13(20-2)16-14(10-11)21-6-7-22-16/h4-5,8-10,12H,3,6-7H2,1-2H3,(H,18,19). The minimum Gasteiger partial charge on any atom is -0.493 e. The molecule has 2 heterocycles. The van der Waals surface area contributed by atoms with Gasteiger partial charge in [-0.25, -0.2) is 0 Å². The van der Waals surface area contributed by atoms with Crippen LogP contribution in [0.4, 0.5) is 0 Å². The first-order valence-electron chi connectivity index (χ1n) is 7.54. The molecule has 0 radical (unpaired) electrons. The van der Waals surface area contributed by atoms with Crippen LogP contribution in [0.1, 0.15) is 34.6 Å². The van der Waals surface area contributed by atoms with E-state index in [9.17, 15) is 4.79 Å². The number of nitrogens with one attached hydrogen (secondary N) is 1. The monoisotopic (exact) mass is 333 g/mol. The molecule has 5 nitrogen and oxygen atoms in total. The summed E-state index contributed by atoms with van der Waals surface area (Å²) in [5.41, 5.74) is 0.501. The SMILES string of the molecule is CCC(NC(=O)c1cc(OC)c2c(c1)OCCO2)c1cccs1. The van der Waals surface area contributed by atoms with Crippen molar-refractivity contribution in [1.29, 1.82) is 0 Å². The number of fused-ring (bicyclic) bond motifs is 1. The van der Waals surface area contributed by atoms with E-state index in [0.29, 0.717) is 36.0 Å². The van der Waals surface area contributed by atoms with Gasteiger partial charge in [0, 0.05) is 10.4 Å². The van der Waals surface area contributed by atoms with Gasteiger partial charge in [0.1, 0.15) is 13.2 Å². The molecule has 1 atom stereocenters. The Morgan fingerprint density at radius 1 is 1.39 bits per heavy atom. The number of hydrogen-bond acceptors (Lipinski definition) is 5. The Labute approximate surface area is 139 Å². The van der Waals surface area contributed by atoms with Gasteiger partial charge in [0.25, 0.3) is 5.91 Å². The average Bonchev–Trinajstić information content (AvgIpc) is 3.12. The predicted molar refractivity (Wildman–Crippen MR) is 88.8 cm³/mol. The normalized spacial score (nSPS) is 14.2. The molecule has 1 aliphatic rings. The summed E-state index contributed by atoms with van der Waals surface area (Å²) >= 11 is 1.64. The summed E-state index contributed by atoms with van der Waals surface area (Å²) in [6.45, 7) is 2.99. The van der Waals surface area contributed by atoms with Crippen molar-refractivity contribution in [3.63, 3.8) is 0 Å². The van der Waals surface area contributed by atoms with E-state index in [4.69, 9.17) is 14.2 Å². The number of methoxy groups -OCH3 is 1. The van der Waals surface area contributed by atoms with Crippen LogP contribution in [0.15, 0.2) is 29.6 Å². The molecule has 1 aromatic heterocycles. The highest BCUT2D eigenvalue weighted by Gasteiger charge is 2.22. The van der Waals surface area contributed by atoms with Gasteiger partial charge < -0.3 is 19.5 Å². The van der Waals surface area contributed by atoms with Gasteiger partial charge in [-0.2, -0.15) is 0 Å². The second kappa shape index (κ2) is 6.91.